The predicted molar refractivity (Wildman–Crippen MR) is 516 cm³/mol. The molecule has 24 heteroatoms. The van der Waals surface area contributed by atoms with Crippen LogP contribution in [0.4, 0.5) is 0 Å². The molecule has 0 spiro atoms. The zero-order chi connectivity index (χ0) is 99.1. The lowest BCUT2D eigenvalue weighted by molar-refractivity contribution is -0.265. The van der Waals surface area contributed by atoms with Gasteiger partial charge in [0.25, 0.3) is 25.2 Å². The highest BCUT2D eigenvalue weighted by molar-refractivity contribution is 6.15. The second-order valence-corrected chi connectivity index (χ2v) is 32.1. The van der Waals surface area contributed by atoms with Gasteiger partial charge in [0.1, 0.15) is 11.8 Å². The number of ether oxygens (including phenoxy) is 8. The Morgan fingerprint density at radius 1 is 0.106 bits per heavy atom. The second-order valence-electron chi connectivity index (χ2n) is 32.1. The Hall–Kier alpha value is -19.4. The van der Waals surface area contributed by atoms with Crippen LogP contribution in [0.2, 0.25) is 0 Å². The molecule has 0 radical (unpaired) electrons. The van der Waals surface area contributed by atoms with Crippen molar-refractivity contribution < 1.29 is 115 Å². The van der Waals surface area contributed by atoms with E-state index in [4.69, 9.17) is 37.9 Å². The molecule has 0 heterocycles. The Bertz CT molecular complexity index is 6060. The molecule has 0 unspecified atom stereocenters. The van der Waals surface area contributed by atoms with Crippen LogP contribution in [-0.2, 0) is 37.9 Å². The van der Waals surface area contributed by atoms with E-state index in [1.54, 1.807) is 146 Å². The molecule has 694 valence electrons. The molecule has 0 amide bonds. The van der Waals surface area contributed by atoms with Gasteiger partial charge in [0.15, 0.2) is 46.3 Å². The van der Waals surface area contributed by atoms with Crippen molar-refractivity contribution in [2.45, 2.75) is 25.2 Å². The topological polar surface area (TPSA) is 347 Å². The maximum absolute atomic E-state index is 16.2. The smallest absolute Gasteiger partial charge is 0.341 e. The zero-order valence-electron chi connectivity index (χ0n) is 74.8. The van der Waals surface area contributed by atoms with E-state index in [-0.39, 0.29) is 89.0 Å². The average molecular weight is 1880 g/mol. The van der Waals surface area contributed by atoms with E-state index in [9.17, 15) is 38.4 Å². The molecule has 0 saturated heterocycles. The summed E-state index contributed by atoms with van der Waals surface area (Å²) in [5, 5.41) is 0. The summed E-state index contributed by atoms with van der Waals surface area (Å²) in [7, 11) is 0. The molecule has 16 aromatic carbocycles. The Balaban J connectivity index is 0.959. The van der Waals surface area contributed by atoms with Gasteiger partial charge in [0.05, 0.1) is 44.5 Å². The molecule has 24 nitrogen and oxygen atoms in total. The molecule has 0 aliphatic heterocycles. The maximum Gasteiger partial charge on any atom is 0.341 e. The molecule has 0 fully saturated rings. The van der Waals surface area contributed by atoms with Gasteiger partial charge in [-0.05, 0) is 97.1 Å². The minimum Gasteiger partial charge on any atom is -0.421 e. The van der Waals surface area contributed by atoms with Crippen LogP contribution in [0.3, 0.4) is 0 Å². The molecular weight excluding hydrogens is 1800 g/mol. The van der Waals surface area contributed by atoms with Gasteiger partial charge in [-0.2, -0.15) is 0 Å². The summed E-state index contributed by atoms with van der Waals surface area (Å²) in [6.07, 6.45) is -12.6. The third-order valence-electron chi connectivity index (χ3n) is 22.8. The Morgan fingerprint density at radius 3 is 0.275 bits per heavy atom. The SMILES string of the molecule is O=C(OC(OC(=O)c1ccc(C(=O)c2ccccc2)cc1)C(C(OC(=O)c1ccc(C(=O)c2ccccc2)cc1)OC(=O)c1ccc(C(=O)c2ccccc2)cc1)C(C(OC(=O)c1ccc(C(=O)c2ccccc2)cc1)OC(=O)c1ccc(C(=O)c2ccccc2)cc1)C(OC(=O)c1ccc(C(=O)c2ccccc2)cc1)OC(=O)c1ccc(C(=O)c2ccccc2)cc1)c1ccc(C(=O)c2ccccc2)cc1. The number of carbonyl (C=O) groups is 16. The van der Waals surface area contributed by atoms with Gasteiger partial charge < -0.3 is 37.9 Å². The van der Waals surface area contributed by atoms with Crippen molar-refractivity contribution in [3.05, 3.63) is 570 Å². The summed E-state index contributed by atoms with van der Waals surface area (Å²) >= 11 is 0. The maximum atomic E-state index is 16.2. The molecule has 0 aromatic heterocycles. The van der Waals surface area contributed by atoms with E-state index < -0.39 is 176 Å². The van der Waals surface area contributed by atoms with Crippen LogP contribution in [0, 0.1) is 11.8 Å². The summed E-state index contributed by atoms with van der Waals surface area (Å²) in [4.78, 5) is 243. The van der Waals surface area contributed by atoms with E-state index in [1.807, 2.05) is 0 Å². The number of hydrogen-bond donors (Lipinski definition) is 0. The van der Waals surface area contributed by atoms with Gasteiger partial charge in [0, 0.05) is 89.0 Å². The zero-order valence-corrected chi connectivity index (χ0v) is 74.8. The molecule has 0 N–H and O–H groups in total. The van der Waals surface area contributed by atoms with E-state index >= 15 is 38.4 Å². The van der Waals surface area contributed by atoms with Crippen LogP contribution in [0.15, 0.2) is 437 Å². The van der Waals surface area contributed by atoms with Crippen LogP contribution in [-0.4, -0.2) is 119 Å². The molecule has 0 saturated carbocycles. The van der Waals surface area contributed by atoms with Crippen LogP contribution < -0.4 is 0 Å². The van der Waals surface area contributed by atoms with Crippen molar-refractivity contribution in [2.75, 3.05) is 0 Å². The molecule has 0 atom stereocenters. The van der Waals surface area contributed by atoms with E-state index in [0.717, 1.165) is 97.1 Å². The van der Waals surface area contributed by atoms with Gasteiger partial charge in [-0.25, -0.2) is 38.4 Å². The molecule has 0 aliphatic carbocycles. The number of esters is 8. The fourth-order valence-corrected chi connectivity index (χ4v) is 15.2. The summed E-state index contributed by atoms with van der Waals surface area (Å²) in [5.41, 5.74) is -2.46. The van der Waals surface area contributed by atoms with Crippen molar-refractivity contribution in [2.24, 2.45) is 11.8 Å². The fourth-order valence-electron chi connectivity index (χ4n) is 15.2. The van der Waals surface area contributed by atoms with Crippen LogP contribution >= 0.6 is 0 Å². The quantitative estimate of drug-likeness (QED) is 0.0151. The first-order chi connectivity index (χ1) is 69.0. The number of benzene rings is 16. The highest BCUT2D eigenvalue weighted by atomic mass is 16.8. The van der Waals surface area contributed by atoms with Gasteiger partial charge in [-0.3, -0.25) is 38.4 Å². The van der Waals surface area contributed by atoms with Gasteiger partial charge in [-0.15, -0.1) is 0 Å². The molecule has 0 bridgehead atoms. The normalized spacial score (nSPS) is 10.9. The van der Waals surface area contributed by atoms with Gasteiger partial charge in [0.2, 0.25) is 0 Å². The first-order valence-electron chi connectivity index (χ1n) is 44.3. The number of rotatable bonds is 37. The van der Waals surface area contributed by atoms with Crippen LogP contribution in [0.25, 0.3) is 0 Å². The van der Waals surface area contributed by atoms with Crippen molar-refractivity contribution in [3.63, 3.8) is 0 Å². The Morgan fingerprint density at radius 2 is 0.183 bits per heavy atom. The monoisotopic (exact) mass is 1880 g/mol. The lowest BCUT2D eigenvalue weighted by Crippen LogP contribution is -2.56. The second kappa shape index (κ2) is 44.9. The summed E-state index contributed by atoms with van der Waals surface area (Å²) in [6, 6.07) is 101. The minimum absolute atomic E-state index is 0.00522. The van der Waals surface area contributed by atoms with Gasteiger partial charge >= 0.3 is 47.8 Å². The first kappa shape index (κ1) is 95.8. The van der Waals surface area contributed by atoms with E-state index in [0.29, 0.717) is 0 Å². The summed E-state index contributed by atoms with van der Waals surface area (Å²) < 4.78 is 52.6. The van der Waals surface area contributed by atoms with Crippen molar-refractivity contribution in [3.8, 4) is 0 Å². The third kappa shape index (κ3) is 23.2. The van der Waals surface area contributed by atoms with Crippen molar-refractivity contribution in [1.29, 1.82) is 0 Å². The molecule has 16 aromatic rings. The molecule has 16 rings (SSSR count). The Labute approximate surface area is 811 Å². The van der Waals surface area contributed by atoms with E-state index in [1.165, 1.54) is 194 Å². The number of carbonyl (C=O) groups excluding carboxylic acids is 16. The minimum atomic E-state index is -3.15. The van der Waals surface area contributed by atoms with Crippen LogP contribution in [0.1, 0.15) is 210 Å². The highest BCUT2D eigenvalue weighted by Crippen LogP contribution is 2.40. The highest BCUT2D eigenvalue weighted by Gasteiger charge is 2.57. The lowest BCUT2D eigenvalue weighted by atomic mass is 9.88. The number of ketones is 8. The standard InChI is InChI=1S/C118H78O24/c119-99(73-25-9-1-10-26-73)81-41-57-89(58-42-81)107(127)135-115(136-108(128)90-59-43-82(44-60-90)100(120)74-27-11-2-12-28-74)97(116(137-109(129)91-61-45-83(46-62-91)101(121)75-29-13-3-14-30-75)138-110(130)92-63-47-84(48-64-92)102(122)76-31-15-4-16-32-76)98(117(139-111(131)93-65-49-85(50-66-93)103(123)77-33-17-5-18-34-77)140-112(132)94-67-51-86(52-68-94)104(124)78-35-19-6-20-36-78)118(141-113(133)95-69-53-87(54-70-95)105(125)79-37-21-7-22-38-79)142-114(134)96-71-55-88(56-72-96)106(126)80-39-23-8-24-40-80/h1-72,97-98,115-118H. The van der Waals surface area contributed by atoms with Crippen molar-refractivity contribution in [1.82, 2.24) is 0 Å². The summed E-state index contributed by atoms with van der Waals surface area (Å²) in [6.45, 7) is 0. The molecule has 0 aliphatic rings. The van der Waals surface area contributed by atoms with Crippen LogP contribution in [0.5, 0.6) is 0 Å². The van der Waals surface area contributed by atoms with Gasteiger partial charge in [-0.1, -0.05) is 340 Å². The average Bonchev–Trinajstić information content (AvgIpc) is 0.767. The molecule has 142 heavy (non-hydrogen) atoms. The first-order valence-corrected chi connectivity index (χ1v) is 44.3. The predicted octanol–water partition coefficient (Wildman–Crippen LogP) is 20.2. The largest absolute Gasteiger partial charge is 0.421 e. The third-order valence-corrected chi connectivity index (χ3v) is 22.8. The molecular formula is C118H78O24. The lowest BCUT2D eigenvalue weighted by Gasteiger charge is -2.40. The Kier molecular flexibility index (Phi) is 30.3. The number of hydrogen-bond acceptors (Lipinski definition) is 24. The van der Waals surface area contributed by atoms with Crippen molar-refractivity contribution >= 4 is 94.0 Å². The fraction of sp³-hybridized carbons (Fsp3) is 0.0508. The summed E-state index contributed by atoms with van der Waals surface area (Å²) in [5.74, 6) is -23.1. The van der Waals surface area contributed by atoms with E-state index in [2.05, 4.69) is 0 Å².